The van der Waals surface area contributed by atoms with Crippen LogP contribution in [0.3, 0.4) is 0 Å². The number of rotatable bonds is 14. The number of unbranched alkanes of at least 4 members (excludes halogenated alkanes) is 3. The van der Waals surface area contributed by atoms with Crippen molar-refractivity contribution in [2.24, 2.45) is 5.73 Å². The summed E-state index contributed by atoms with van der Waals surface area (Å²) in [5, 5.41) is 9.57. The predicted octanol–water partition coefficient (Wildman–Crippen LogP) is 3.39. The molecular formula is C21H32N2O4. The number of allylic oxidation sites excluding steroid dienone is 1. The molecule has 1 aromatic rings. The van der Waals surface area contributed by atoms with Gasteiger partial charge in [0.2, 0.25) is 0 Å². The molecule has 150 valence electrons. The van der Waals surface area contributed by atoms with Crippen LogP contribution in [0.25, 0.3) is 0 Å². The fraction of sp³-hybridized carbons (Fsp3) is 0.524. The van der Waals surface area contributed by atoms with Crippen molar-refractivity contribution in [2.75, 3.05) is 31.2 Å². The topological polar surface area (TPSA) is 92.9 Å². The molecule has 27 heavy (non-hydrogen) atoms. The van der Waals surface area contributed by atoms with E-state index in [-0.39, 0.29) is 18.1 Å². The summed E-state index contributed by atoms with van der Waals surface area (Å²) in [4.78, 5) is 26.0. The number of anilines is 1. The number of hydrogen-bond acceptors (Lipinski definition) is 4. The Hall–Kier alpha value is -2.18. The molecule has 0 bridgehead atoms. The van der Waals surface area contributed by atoms with Crippen LogP contribution in [0.1, 0.15) is 54.9 Å². The molecule has 1 aromatic carbocycles. The van der Waals surface area contributed by atoms with Crippen molar-refractivity contribution in [3.63, 3.8) is 0 Å². The van der Waals surface area contributed by atoms with Crippen LogP contribution < -0.4 is 10.6 Å². The highest BCUT2D eigenvalue weighted by atomic mass is 16.5. The van der Waals surface area contributed by atoms with Gasteiger partial charge in [0.25, 0.3) is 5.91 Å². The molecule has 0 spiro atoms. The lowest BCUT2D eigenvalue weighted by Gasteiger charge is -2.25. The van der Waals surface area contributed by atoms with E-state index in [1.807, 2.05) is 6.08 Å². The van der Waals surface area contributed by atoms with Gasteiger partial charge in [0, 0.05) is 13.2 Å². The van der Waals surface area contributed by atoms with Gasteiger partial charge in [0.05, 0.1) is 11.3 Å². The van der Waals surface area contributed by atoms with Crippen LogP contribution in [-0.4, -0.2) is 43.3 Å². The van der Waals surface area contributed by atoms with E-state index in [1.54, 1.807) is 23.1 Å². The van der Waals surface area contributed by atoms with Crippen LogP contribution in [0, 0.1) is 0 Å². The first-order valence-electron chi connectivity index (χ1n) is 9.60. The van der Waals surface area contributed by atoms with Gasteiger partial charge in [-0.15, -0.1) is 6.58 Å². The van der Waals surface area contributed by atoms with Crippen molar-refractivity contribution in [3.8, 4) is 0 Å². The summed E-state index contributed by atoms with van der Waals surface area (Å²) in [7, 11) is 0. The number of amides is 1. The normalized spacial score (nSPS) is 10.6. The van der Waals surface area contributed by atoms with Crippen molar-refractivity contribution in [1.29, 1.82) is 0 Å². The molecule has 6 heteroatoms. The first-order valence-corrected chi connectivity index (χ1v) is 9.60. The Morgan fingerprint density at radius 1 is 1.30 bits per heavy atom. The monoisotopic (exact) mass is 376 g/mol. The first kappa shape index (κ1) is 22.9. The fourth-order valence-electron chi connectivity index (χ4n) is 2.73. The number of aromatic carboxylic acids is 1. The minimum Gasteiger partial charge on any atom is -0.478 e. The smallest absolute Gasteiger partial charge is 0.337 e. The summed E-state index contributed by atoms with van der Waals surface area (Å²) in [6.45, 7) is 7.13. The van der Waals surface area contributed by atoms with Crippen molar-refractivity contribution >= 4 is 17.6 Å². The maximum atomic E-state index is 12.8. The zero-order chi connectivity index (χ0) is 20.1. The van der Waals surface area contributed by atoms with Crippen LogP contribution in [0.4, 0.5) is 5.69 Å². The molecule has 0 heterocycles. The molecular weight excluding hydrogens is 344 g/mol. The van der Waals surface area contributed by atoms with Crippen LogP contribution in [0.5, 0.6) is 0 Å². The van der Waals surface area contributed by atoms with Gasteiger partial charge in [-0.05, 0) is 56.3 Å². The maximum Gasteiger partial charge on any atom is 0.337 e. The molecule has 0 saturated heterocycles. The van der Waals surface area contributed by atoms with Crippen LogP contribution >= 0.6 is 0 Å². The largest absolute Gasteiger partial charge is 0.478 e. The Morgan fingerprint density at radius 2 is 2.07 bits per heavy atom. The van der Waals surface area contributed by atoms with Crippen LogP contribution in [-0.2, 0) is 16.0 Å². The maximum absolute atomic E-state index is 12.8. The van der Waals surface area contributed by atoms with E-state index >= 15 is 0 Å². The van der Waals surface area contributed by atoms with Gasteiger partial charge in [-0.25, -0.2) is 4.79 Å². The summed E-state index contributed by atoms with van der Waals surface area (Å²) in [5.74, 6) is -1.28. The lowest BCUT2D eigenvalue weighted by molar-refractivity contribution is -0.123. The molecule has 1 amide bonds. The number of ether oxygens (including phenoxy) is 1. The quantitative estimate of drug-likeness (QED) is 0.383. The predicted molar refractivity (Wildman–Crippen MR) is 108 cm³/mol. The van der Waals surface area contributed by atoms with Gasteiger partial charge in [-0.1, -0.05) is 25.5 Å². The number of benzene rings is 1. The van der Waals surface area contributed by atoms with Crippen LogP contribution in [0.15, 0.2) is 30.9 Å². The minimum atomic E-state index is -1.06. The van der Waals surface area contributed by atoms with Gasteiger partial charge < -0.3 is 20.5 Å². The Kier molecular flexibility index (Phi) is 11.1. The Labute approximate surface area is 162 Å². The van der Waals surface area contributed by atoms with Crippen molar-refractivity contribution < 1.29 is 19.4 Å². The van der Waals surface area contributed by atoms with E-state index in [0.717, 1.165) is 37.7 Å². The molecule has 0 saturated carbocycles. The highest BCUT2D eigenvalue weighted by Crippen LogP contribution is 2.24. The van der Waals surface area contributed by atoms with Crippen molar-refractivity contribution in [3.05, 3.63) is 42.0 Å². The van der Waals surface area contributed by atoms with Crippen LogP contribution in [0.2, 0.25) is 0 Å². The third kappa shape index (κ3) is 7.93. The van der Waals surface area contributed by atoms with E-state index in [9.17, 15) is 14.7 Å². The summed E-state index contributed by atoms with van der Waals surface area (Å²) < 4.78 is 5.47. The number of carbonyl (C=O) groups is 2. The van der Waals surface area contributed by atoms with Gasteiger partial charge in [-0.3, -0.25) is 4.79 Å². The van der Waals surface area contributed by atoms with E-state index < -0.39 is 5.97 Å². The second-order valence-electron chi connectivity index (χ2n) is 6.43. The number of carboxylic acid groups (broad SMARTS) is 1. The summed E-state index contributed by atoms with van der Waals surface area (Å²) >= 11 is 0. The van der Waals surface area contributed by atoms with E-state index in [0.29, 0.717) is 31.8 Å². The summed E-state index contributed by atoms with van der Waals surface area (Å²) in [6, 6.07) is 5.05. The molecule has 0 fully saturated rings. The van der Waals surface area contributed by atoms with E-state index in [1.165, 1.54) is 0 Å². The summed E-state index contributed by atoms with van der Waals surface area (Å²) in [6.07, 6.45) is 6.83. The molecule has 0 unspecified atom stereocenters. The average molecular weight is 376 g/mol. The third-order valence-electron chi connectivity index (χ3n) is 4.23. The third-order valence-corrected chi connectivity index (χ3v) is 4.23. The number of carbonyl (C=O) groups excluding carboxylic acids is 1. The zero-order valence-electron chi connectivity index (χ0n) is 16.3. The molecule has 3 N–H and O–H groups in total. The highest BCUT2D eigenvalue weighted by Gasteiger charge is 2.22. The number of nitrogens with zero attached hydrogens (tertiary/aromatic N) is 1. The molecule has 0 radical (unpaired) electrons. The van der Waals surface area contributed by atoms with Gasteiger partial charge >= 0.3 is 5.97 Å². The first-order chi connectivity index (χ1) is 13.0. The Morgan fingerprint density at radius 3 is 2.70 bits per heavy atom. The highest BCUT2D eigenvalue weighted by molar-refractivity contribution is 6.02. The van der Waals surface area contributed by atoms with E-state index in [2.05, 4.69) is 13.5 Å². The van der Waals surface area contributed by atoms with E-state index in [4.69, 9.17) is 10.5 Å². The molecule has 0 aromatic heterocycles. The molecule has 1 rings (SSSR count). The van der Waals surface area contributed by atoms with Crippen molar-refractivity contribution in [2.45, 2.75) is 45.4 Å². The lowest BCUT2D eigenvalue weighted by atomic mass is 10.0. The minimum absolute atomic E-state index is 0.0539. The molecule has 0 atom stereocenters. The Balaban J connectivity index is 3.07. The van der Waals surface area contributed by atoms with Crippen molar-refractivity contribution in [1.82, 2.24) is 0 Å². The SMILES string of the molecule is C=CCCCCN(C(=O)COCCCC)c1cc(CCN)ccc1C(=O)O. The van der Waals surface area contributed by atoms with Gasteiger partial charge in [0.1, 0.15) is 6.61 Å². The second-order valence-corrected chi connectivity index (χ2v) is 6.43. The molecule has 0 aliphatic carbocycles. The molecule has 0 aliphatic heterocycles. The average Bonchev–Trinajstić information content (AvgIpc) is 2.65. The Bertz CT molecular complexity index is 616. The number of nitrogens with two attached hydrogens (primary N) is 1. The lowest BCUT2D eigenvalue weighted by Crippen LogP contribution is -2.36. The second kappa shape index (κ2) is 13.1. The summed E-state index contributed by atoms with van der Waals surface area (Å²) in [5.41, 5.74) is 7.06. The number of carboxylic acids is 1. The standard InChI is InChI=1S/C21H32N2O4/c1-3-5-7-8-13-23(20(24)16-27-14-6-4-2)19-15-17(11-12-22)9-10-18(19)21(25)26/h3,9-10,15H,1,4-8,11-14,16,22H2,2H3,(H,25,26). The number of hydrogen-bond donors (Lipinski definition) is 2. The molecule has 0 aliphatic rings. The van der Waals surface area contributed by atoms with Gasteiger partial charge in [0.15, 0.2) is 0 Å². The zero-order valence-corrected chi connectivity index (χ0v) is 16.3. The fourth-order valence-corrected chi connectivity index (χ4v) is 2.73. The molecule has 6 nitrogen and oxygen atoms in total. The van der Waals surface area contributed by atoms with Gasteiger partial charge in [-0.2, -0.15) is 0 Å².